The van der Waals surface area contributed by atoms with Crippen molar-refractivity contribution in [1.82, 2.24) is 19.9 Å². The Hall–Kier alpha value is -4.50. The van der Waals surface area contributed by atoms with Crippen LogP contribution in [0.4, 0.5) is 5.69 Å². The van der Waals surface area contributed by atoms with Gasteiger partial charge in [-0.15, -0.1) is 5.10 Å². The van der Waals surface area contributed by atoms with Crippen molar-refractivity contribution in [2.45, 2.75) is 37.5 Å². The number of fused-ring (bicyclic) bond motifs is 9. The van der Waals surface area contributed by atoms with E-state index in [2.05, 4.69) is 15.6 Å². The fraction of sp³-hybridized carbons (Fsp3) is 0.312. The molecule has 41 heavy (non-hydrogen) atoms. The molecule has 3 atom stereocenters. The number of rotatable bonds is 0. The lowest BCUT2D eigenvalue weighted by atomic mass is 9.70. The zero-order valence-corrected chi connectivity index (χ0v) is 22.8. The molecule has 4 aromatic rings. The summed E-state index contributed by atoms with van der Waals surface area (Å²) < 4.78 is 14.3. The summed E-state index contributed by atoms with van der Waals surface area (Å²) in [6.45, 7) is 1.93. The Bertz CT molecular complexity index is 1630. The molecular formula is C32H31N5O4. The number of anilines is 1. The van der Waals surface area contributed by atoms with Crippen LogP contribution in [0.15, 0.2) is 79.0 Å². The summed E-state index contributed by atoms with van der Waals surface area (Å²) in [4.78, 5) is 31.0. The summed E-state index contributed by atoms with van der Waals surface area (Å²) in [5.74, 6) is -0.184. The molecule has 0 unspecified atom stereocenters. The van der Waals surface area contributed by atoms with Crippen molar-refractivity contribution in [2.75, 3.05) is 25.5 Å². The Balaban J connectivity index is 1.41. The van der Waals surface area contributed by atoms with Gasteiger partial charge in [0.2, 0.25) is 5.91 Å². The van der Waals surface area contributed by atoms with Gasteiger partial charge >= 0.3 is 0 Å². The molecule has 3 aliphatic rings. The van der Waals surface area contributed by atoms with Crippen LogP contribution in [0.25, 0.3) is 0 Å². The van der Waals surface area contributed by atoms with Crippen LogP contribution >= 0.6 is 0 Å². The van der Waals surface area contributed by atoms with Gasteiger partial charge in [-0.25, -0.2) is 0 Å². The standard InChI is InChI=1S/C32H31N5O4/c1-36-19-24-22-10-2-6-14-27(22)40-17-9-8-16-37-18-21(34-35-37)20-41-28-15-7-3-11-23(28)30(38)29(24)32(36)25-12-4-5-13-26(25)33-31(32)39/h2-7,10-15,18,24,29H,8-9,16-17,19-20H2,1H3,(H,33,39)/t24-,29+,32-/m1/s1. The number of benzene rings is 3. The number of carbonyl (C=O) groups excluding carboxylic acids is 2. The average molecular weight is 550 g/mol. The summed E-state index contributed by atoms with van der Waals surface area (Å²) in [5, 5.41) is 11.6. The van der Waals surface area contributed by atoms with E-state index in [4.69, 9.17) is 9.47 Å². The minimum absolute atomic E-state index is 0.149. The second-order valence-corrected chi connectivity index (χ2v) is 10.9. The molecule has 9 heteroatoms. The molecule has 3 aliphatic heterocycles. The first kappa shape index (κ1) is 25.5. The quantitative estimate of drug-likeness (QED) is 0.347. The number of aromatic nitrogens is 3. The summed E-state index contributed by atoms with van der Waals surface area (Å²) in [6, 6.07) is 22.8. The molecule has 0 saturated carbocycles. The third kappa shape index (κ3) is 4.11. The molecule has 1 spiro atoms. The van der Waals surface area contributed by atoms with Gasteiger partial charge in [-0.05, 0) is 49.7 Å². The second-order valence-electron chi connectivity index (χ2n) is 10.9. The zero-order chi connectivity index (χ0) is 28.0. The number of amides is 1. The van der Waals surface area contributed by atoms with E-state index in [1.54, 1.807) is 12.1 Å². The molecule has 4 heterocycles. The van der Waals surface area contributed by atoms with E-state index in [1.165, 1.54) is 0 Å². The number of nitrogens with zero attached hydrogens (tertiary/aromatic N) is 4. The first-order valence-corrected chi connectivity index (χ1v) is 14.1. The molecule has 1 amide bonds. The van der Waals surface area contributed by atoms with Gasteiger partial charge < -0.3 is 14.8 Å². The highest BCUT2D eigenvalue weighted by atomic mass is 16.5. The van der Waals surface area contributed by atoms with Gasteiger partial charge in [0.1, 0.15) is 29.3 Å². The summed E-state index contributed by atoms with van der Waals surface area (Å²) in [6.07, 6.45) is 3.58. The van der Waals surface area contributed by atoms with Crippen molar-refractivity contribution >= 4 is 17.4 Å². The minimum atomic E-state index is -1.19. The number of Topliss-reactive ketones (excluding diaryl/α,β-unsaturated/α-hetero) is 1. The van der Waals surface area contributed by atoms with Gasteiger partial charge in [-0.2, -0.15) is 0 Å². The van der Waals surface area contributed by atoms with Crippen molar-refractivity contribution in [2.24, 2.45) is 5.92 Å². The van der Waals surface area contributed by atoms with E-state index < -0.39 is 11.5 Å². The number of ether oxygens (including phenoxy) is 2. The third-order valence-corrected chi connectivity index (χ3v) is 8.61. The molecule has 1 aromatic heterocycles. The zero-order valence-electron chi connectivity index (χ0n) is 22.8. The lowest BCUT2D eigenvalue weighted by Crippen LogP contribution is -2.51. The highest BCUT2D eigenvalue weighted by Crippen LogP contribution is 2.56. The van der Waals surface area contributed by atoms with Crippen molar-refractivity contribution < 1.29 is 19.1 Å². The Labute approximate surface area is 238 Å². The molecule has 2 bridgehead atoms. The fourth-order valence-corrected chi connectivity index (χ4v) is 6.78. The van der Waals surface area contributed by atoms with E-state index >= 15 is 0 Å². The van der Waals surface area contributed by atoms with Crippen LogP contribution in [-0.4, -0.2) is 51.8 Å². The van der Waals surface area contributed by atoms with Crippen molar-refractivity contribution in [1.29, 1.82) is 0 Å². The predicted molar refractivity (Wildman–Crippen MR) is 152 cm³/mol. The summed E-state index contributed by atoms with van der Waals surface area (Å²) in [7, 11) is 1.93. The topological polar surface area (TPSA) is 98.6 Å². The number of likely N-dealkylation sites (N-methyl/N-ethyl adjacent to an activating group) is 1. The second kappa shape index (κ2) is 10.2. The molecule has 0 radical (unpaired) electrons. The minimum Gasteiger partial charge on any atom is -0.493 e. The van der Waals surface area contributed by atoms with Gasteiger partial charge in [-0.3, -0.25) is 19.2 Å². The molecular weight excluding hydrogens is 518 g/mol. The number of carbonyl (C=O) groups is 2. The first-order chi connectivity index (χ1) is 20.1. The highest BCUT2D eigenvalue weighted by Gasteiger charge is 2.64. The van der Waals surface area contributed by atoms with Crippen LogP contribution in [0.5, 0.6) is 11.5 Å². The van der Waals surface area contributed by atoms with Gasteiger partial charge in [-0.1, -0.05) is 53.7 Å². The van der Waals surface area contributed by atoms with Crippen LogP contribution < -0.4 is 14.8 Å². The number of likely N-dealkylation sites (tertiary alicyclic amines) is 1. The van der Waals surface area contributed by atoms with Crippen LogP contribution in [0.3, 0.4) is 0 Å². The average Bonchev–Trinajstić information content (AvgIpc) is 3.66. The monoisotopic (exact) mass is 549 g/mol. The Kier molecular flexibility index (Phi) is 6.31. The number of hydrogen-bond donors (Lipinski definition) is 1. The van der Waals surface area contributed by atoms with E-state index in [-0.39, 0.29) is 24.2 Å². The normalized spacial score (nSPS) is 24.3. The number of para-hydroxylation sites is 3. The molecule has 3 aromatic carbocycles. The maximum atomic E-state index is 14.9. The van der Waals surface area contributed by atoms with Crippen LogP contribution in [0.1, 0.15) is 45.9 Å². The summed E-state index contributed by atoms with van der Waals surface area (Å²) in [5.41, 5.74) is 2.40. The van der Waals surface area contributed by atoms with Crippen molar-refractivity contribution in [3.05, 3.63) is 101 Å². The largest absolute Gasteiger partial charge is 0.493 e. The van der Waals surface area contributed by atoms with Gasteiger partial charge in [0.15, 0.2) is 5.78 Å². The van der Waals surface area contributed by atoms with Crippen molar-refractivity contribution in [3.63, 3.8) is 0 Å². The van der Waals surface area contributed by atoms with Gasteiger partial charge in [0.25, 0.3) is 0 Å². The molecule has 1 saturated heterocycles. The number of aryl methyl sites for hydroxylation is 1. The molecule has 1 fully saturated rings. The lowest BCUT2D eigenvalue weighted by molar-refractivity contribution is -0.126. The Morgan fingerprint density at radius 3 is 2.61 bits per heavy atom. The molecule has 9 nitrogen and oxygen atoms in total. The Morgan fingerprint density at radius 1 is 0.927 bits per heavy atom. The SMILES string of the molecule is CN1C[C@@H]2c3ccccc3OCCCCn3cc(nn3)COc3ccccc3C(=O)[C@H]2[C@]12C(=O)Nc1ccccc12. The van der Waals surface area contributed by atoms with Gasteiger partial charge in [0.05, 0.1) is 24.3 Å². The predicted octanol–water partition coefficient (Wildman–Crippen LogP) is 4.41. The fourth-order valence-electron chi connectivity index (χ4n) is 6.78. The lowest BCUT2D eigenvalue weighted by Gasteiger charge is -2.35. The van der Waals surface area contributed by atoms with E-state index in [1.807, 2.05) is 83.5 Å². The number of hydrogen-bond acceptors (Lipinski definition) is 7. The summed E-state index contributed by atoms with van der Waals surface area (Å²) >= 11 is 0. The van der Waals surface area contributed by atoms with Crippen LogP contribution in [0, 0.1) is 5.92 Å². The first-order valence-electron chi connectivity index (χ1n) is 14.1. The number of nitrogens with one attached hydrogen (secondary N) is 1. The molecule has 208 valence electrons. The van der Waals surface area contributed by atoms with E-state index in [9.17, 15) is 9.59 Å². The smallest absolute Gasteiger partial charge is 0.250 e. The Morgan fingerprint density at radius 2 is 1.71 bits per heavy atom. The van der Waals surface area contributed by atoms with Crippen molar-refractivity contribution in [3.8, 4) is 11.5 Å². The van der Waals surface area contributed by atoms with Crippen LogP contribution in [0.2, 0.25) is 0 Å². The maximum absolute atomic E-state index is 14.9. The molecule has 7 rings (SSSR count). The third-order valence-electron chi connectivity index (χ3n) is 8.61. The molecule has 0 aliphatic carbocycles. The highest BCUT2D eigenvalue weighted by molar-refractivity contribution is 6.13. The number of ketones is 1. The van der Waals surface area contributed by atoms with Gasteiger partial charge in [0, 0.05) is 30.3 Å². The van der Waals surface area contributed by atoms with E-state index in [0.29, 0.717) is 30.2 Å². The maximum Gasteiger partial charge on any atom is 0.250 e. The van der Waals surface area contributed by atoms with E-state index in [0.717, 1.165) is 42.0 Å². The van der Waals surface area contributed by atoms with Crippen LogP contribution in [-0.2, 0) is 23.5 Å². The molecule has 1 N–H and O–H groups in total.